The van der Waals surface area contributed by atoms with Gasteiger partial charge in [0.25, 0.3) is 6.29 Å². The molecule has 0 aliphatic heterocycles. The Morgan fingerprint density at radius 1 is 1.25 bits per heavy atom. The minimum atomic E-state index is -0.409. The second-order valence-corrected chi connectivity index (χ2v) is 1.95. The Balaban J connectivity index is 3.89. The van der Waals surface area contributed by atoms with Crippen LogP contribution in [-0.2, 0) is 19.1 Å². The fourth-order valence-electron chi connectivity index (χ4n) is 0.624. The molecule has 1 radical (unpaired) electrons. The van der Waals surface area contributed by atoms with E-state index in [0.717, 1.165) is 0 Å². The van der Waals surface area contributed by atoms with Gasteiger partial charge >= 0.3 is 0 Å². The van der Waals surface area contributed by atoms with E-state index in [1.807, 2.05) is 0 Å². The molecule has 4 heteroatoms. The summed E-state index contributed by atoms with van der Waals surface area (Å²) in [5.74, 6) is -0.409. The van der Waals surface area contributed by atoms with Gasteiger partial charge in [-0.3, -0.25) is 4.79 Å². The first-order valence-corrected chi connectivity index (χ1v) is 3.85. The van der Waals surface area contributed by atoms with Gasteiger partial charge in [0, 0.05) is 13.2 Å². The molecule has 0 unspecified atom stereocenters. The van der Waals surface area contributed by atoms with Crippen molar-refractivity contribution < 1.29 is 19.1 Å². The highest BCUT2D eigenvalue weighted by molar-refractivity contribution is 5.96. The molecular formula is C8H13O4. The Kier molecular flexibility index (Phi) is 6.51. The lowest BCUT2D eigenvalue weighted by Crippen LogP contribution is -2.19. The molecule has 0 fully saturated rings. The number of carbonyl (C=O) groups is 2. The van der Waals surface area contributed by atoms with E-state index in [-0.39, 0.29) is 12.7 Å². The van der Waals surface area contributed by atoms with Gasteiger partial charge in [-0.2, -0.15) is 0 Å². The number of ketones is 1. The predicted molar refractivity (Wildman–Crippen MR) is 42.2 cm³/mol. The molecule has 12 heavy (non-hydrogen) atoms. The summed E-state index contributed by atoms with van der Waals surface area (Å²) in [5, 5.41) is 0. The second kappa shape index (κ2) is 6.94. The molecule has 0 atom stereocenters. The first-order chi connectivity index (χ1) is 5.76. The standard InChI is InChI=1S/C8H13O4/c1-3-11-8(12-4-2)7(10)5-6-9/h6H,3-5H2,1-2H3. The highest BCUT2D eigenvalue weighted by atomic mass is 16.7. The normalized spacial score (nSPS) is 10.2. The van der Waals surface area contributed by atoms with Crippen LogP contribution >= 0.6 is 0 Å². The van der Waals surface area contributed by atoms with Crippen molar-refractivity contribution in [2.24, 2.45) is 0 Å². The van der Waals surface area contributed by atoms with E-state index in [0.29, 0.717) is 19.5 Å². The molecule has 0 heterocycles. The van der Waals surface area contributed by atoms with Crippen LogP contribution < -0.4 is 0 Å². The van der Waals surface area contributed by atoms with E-state index in [1.54, 1.807) is 13.8 Å². The van der Waals surface area contributed by atoms with Crippen molar-refractivity contribution in [1.82, 2.24) is 0 Å². The number of hydrogen-bond acceptors (Lipinski definition) is 4. The highest BCUT2D eigenvalue weighted by Crippen LogP contribution is 2.07. The van der Waals surface area contributed by atoms with Crippen LogP contribution in [-0.4, -0.2) is 25.3 Å². The second-order valence-electron chi connectivity index (χ2n) is 1.95. The zero-order valence-corrected chi connectivity index (χ0v) is 7.33. The van der Waals surface area contributed by atoms with Gasteiger partial charge in [0.1, 0.15) is 6.29 Å². The van der Waals surface area contributed by atoms with Crippen LogP contribution in [0.25, 0.3) is 0 Å². The average molecular weight is 173 g/mol. The minimum absolute atomic E-state index is 0.0629. The quantitative estimate of drug-likeness (QED) is 0.420. The van der Waals surface area contributed by atoms with Crippen LogP contribution in [0.3, 0.4) is 0 Å². The molecule has 0 saturated carbocycles. The average Bonchev–Trinajstić information content (AvgIpc) is 2.04. The van der Waals surface area contributed by atoms with E-state index in [4.69, 9.17) is 9.47 Å². The summed E-state index contributed by atoms with van der Waals surface area (Å²) in [7, 11) is 0. The molecule has 0 saturated heterocycles. The van der Waals surface area contributed by atoms with E-state index in [2.05, 4.69) is 0 Å². The topological polar surface area (TPSA) is 52.6 Å². The van der Waals surface area contributed by atoms with Crippen LogP contribution in [0.4, 0.5) is 0 Å². The summed E-state index contributed by atoms with van der Waals surface area (Å²) in [6.45, 7) is 4.21. The SMILES string of the molecule is CCO[C](OCC)C(=O)CC=O. The fourth-order valence-corrected chi connectivity index (χ4v) is 0.624. The van der Waals surface area contributed by atoms with Gasteiger partial charge in [0.05, 0.1) is 6.42 Å². The van der Waals surface area contributed by atoms with E-state index in [1.165, 1.54) is 0 Å². The molecule has 0 bridgehead atoms. The summed E-state index contributed by atoms with van der Waals surface area (Å²) in [5.41, 5.74) is 0. The van der Waals surface area contributed by atoms with Crippen molar-refractivity contribution in [1.29, 1.82) is 0 Å². The van der Waals surface area contributed by atoms with Gasteiger partial charge in [-0.15, -0.1) is 0 Å². The molecule has 0 spiro atoms. The Labute approximate surface area is 71.8 Å². The number of ether oxygens (including phenoxy) is 2. The first-order valence-electron chi connectivity index (χ1n) is 3.85. The summed E-state index contributed by atoms with van der Waals surface area (Å²) in [6, 6.07) is 0. The van der Waals surface area contributed by atoms with E-state index < -0.39 is 5.78 Å². The Hall–Kier alpha value is -0.740. The molecule has 0 aliphatic rings. The summed E-state index contributed by atoms with van der Waals surface area (Å²) < 4.78 is 9.77. The fraction of sp³-hybridized carbons (Fsp3) is 0.625. The molecule has 0 aliphatic carbocycles. The third-order valence-electron chi connectivity index (χ3n) is 1.05. The maximum Gasteiger partial charge on any atom is 0.293 e. The third kappa shape index (κ3) is 4.20. The number of carbonyl (C=O) groups excluding carboxylic acids is 2. The molecule has 4 nitrogen and oxygen atoms in total. The van der Waals surface area contributed by atoms with Crippen molar-refractivity contribution in [2.45, 2.75) is 20.3 Å². The number of rotatable bonds is 7. The maximum absolute atomic E-state index is 11.0. The van der Waals surface area contributed by atoms with Crippen LogP contribution in [0.1, 0.15) is 20.3 Å². The molecule has 0 aromatic rings. The summed E-state index contributed by atoms with van der Waals surface area (Å²) in [6.07, 6.45) is 0.280. The molecule has 69 valence electrons. The van der Waals surface area contributed by atoms with Gasteiger partial charge < -0.3 is 14.3 Å². The van der Waals surface area contributed by atoms with Gasteiger partial charge in [-0.25, -0.2) is 0 Å². The minimum Gasteiger partial charge on any atom is -0.339 e. The third-order valence-corrected chi connectivity index (χ3v) is 1.05. The lowest BCUT2D eigenvalue weighted by atomic mass is 10.3. The summed E-state index contributed by atoms with van der Waals surface area (Å²) in [4.78, 5) is 21.0. The first kappa shape index (κ1) is 11.3. The van der Waals surface area contributed by atoms with Crippen molar-refractivity contribution >= 4 is 12.1 Å². The zero-order chi connectivity index (χ0) is 9.40. The molecule has 0 aromatic heterocycles. The van der Waals surface area contributed by atoms with Gasteiger partial charge in [-0.1, -0.05) is 0 Å². The number of Topliss-reactive ketones (excluding diaryl/α,β-unsaturated/α-hetero) is 1. The van der Waals surface area contributed by atoms with E-state index in [9.17, 15) is 9.59 Å². The van der Waals surface area contributed by atoms with Crippen LogP contribution in [0, 0.1) is 6.29 Å². The maximum atomic E-state index is 11.0. The van der Waals surface area contributed by atoms with Crippen LogP contribution in [0.15, 0.2) is 0 Å². The zero-order valence-electron chi connectivity index (χ0n) is 7.33. The van der Waals surface area contributed by atoms with Crippen molar-refractivity contribution in [2.75, 3.05) is 13.2 Å². The molecule has 0 amide bonds. The summed E-state index contributed by atoms with van der Waals surface area (Å²) >= 11 is 0. The Morgan fingerprint density at radius 3 is 2.08 bits per heavy atom. The van der Waals surface area contributed by atoms with E-state index >= 15 is 0 Å². The monoisotopic (exact) mass is 173 g/mol. The number of hydrogen-bond donors (Lipinski definition) is 0. The Bertz CT molecular complexity index is 138. The van der Waals surface area contributed by atoms with Crippen LogP contribution in [0.5, 0.6) is 0 Å². The lowest BCUT2D eigenvalue weighted by Gasteiger charge is -2.11. The Morgan fingerprint density at radius 2 is 1.75 bits per heavy atom. The van der Waals surface area contributed by atoms with Gasteiger partial charge in [0.2, 0.25) is 5.78 Å². The van der Waals surface area contributed by atoms with Gasteiger partial charge in [0.15, 0.2) is 0 Å². The van der Waals surface area contributed by atoms with Crippen molar-refractivity contribution in [3.05, 3.63) is 6.29 Å². The largest absolute Gasteiger partial charge is 0.339 e. The smallest absolute Gasteiger partial charge is 0.293 e. The molecular weight excluding hydrogens is 160 g/mol. The van der Waals surface area contributed by atoms with Crippen molar-refractivity contribution in [3.63, 3.8) is 0 Å². The highest BCUT2D eigenvalue weighted by Gasteiger charge is 2.20. The van der Waals surface area contributed by atoms with Crippen LogP contribution in [0.2, 0.25) is 0 Å². The number of aldehydes is 1. The molecule has 0 aromatic carbocycles. The lowest BCUT2D eigenvalue weighted by molar-refractivity contribution is -0.138. The predicted octanol–water partition coefficient (Wildman–Crippen LogP) is 0.707. The van der Waals surface area contributed by atoms with Gasteiger partial charge in [-0.05, 0) is 13.8 Å². The van der Waals surface area contributed by atoms with Crippen molar-refractivity contribution in [3.8, 4) is 0 Å². The molecule has 0 N–H and O–H groups in total. The molecule has 0 rings (SSSR count).